The molecule has 2 aromatic rings. The molecule has 18 heavy (non-hydrogen) atoms. The minimum atomic E-state index is -4.67. The van der Waals surface area contributed by atoms with Crippen LogP contribution in [0.2, 0.25) is 5.15 Å². The van der Waals surface area contributed by atoms with E-state index < -0.39 is 22.8 Å². The van der Waals surface area contributed by atoms with Crippen molar-refractivity contribution in [2.24, 2.45) is 0 Å². The summed E-state index contributed by atoms with van der Waals surface area (Å²) in [5, 5.41) is -0.772. The fourth-order valence-electron chi connectivity index (χ4n) is 1.21. The molecule has 0 saturated heterocycles. The molecule has 8 heteroatoms. The average Bonchev–Trinajstić information content (AvgIpc) is 2.28. The van der Waals surface area contributed by atoms with E-state index in [9.17, 15) is 17.6 Å². The van der Waals surface area contributed by atoms with Crippen molar-refractivity contribution in [3.8, 4) is 11.4 Å². The number of alkyl halides is 3. The van der Waals surface area contributed by atoms with Crippen LogP contribution in [0.1, 0.15) is 5.69 Å². The van der Waals surface area contributed by atoms with Crippen LogP contribution in [0.15, 0.2) is 24.5 Å². The van der Waals surface area contributed by atoms with Gasteiger partial charge in [0.05, 0.1) is 18.1 Å². The third-order valence-corrected chi connectivity index (χ3v) is 2.25. The molecule has 0 fully saturated rings. The Morgan fingerprint density at radius 2 is 1.72 bits per heavy atom. The SMILES string of the molecule is Fc1ccc(-c2cnc(C(F)(F)F)c(Cl)n2)nc1. The quantitative estimate of drug-likeness (QED) is 0.750. The first-order valence-corrected chi connectivity index (χ1v) is 4.97. The van der Waals surface area contributed by atoms with E-state index in [-0.39, 0.29) is 11.4 Å². The zero-order chi connectivity index (χ0) is 13.3. The van der Waals surface area contributed by atoms with Crippen LogP contribution in [0.5, 0.6) is 0 Å². The van der Waals surface area contributed by atoms with Gasteiger partial charge in [0, 0.05) is 0 Å². The number of pyridine rings is 1. The first-order valence-electron chi connectivity index (χ1n) is 4.59. The highest BCUT2D eigenvalue weighted by Crippen LogP contribution is 2.32. The minimum absolute atomic E-state index is 0.0352. The van der Waals surface area contributed by atoms with Crippen LogP contribution in [0, 0.1) is 5.82 Å². The van der Waals surface area contributed by atoms with Crippen molar-refractivity contribution in [2.45, 2.75) is 6.18 Å². The Bertz CT molecular complexity index is 568. The van der Waals surface area contributed by atoms with Gasteiger partial charge in [-0.3, -0.25) is 4.98 Å². The fraction of sp³-hybridized carbons (Fsp3) is 0.100. The van der Waals surface area contributed by atoms with Gasteiger partial charge >= 0.3 is 6.18 Å². The van der Waals surface area contributed by atoms with Crippen molar-refractivity contribution in [3.05, 3.63) is 41.2 Å². The number of nitrogens with zero attached hydrogens (tertiary/aromatic N) is 3. The topological polar surface area (TPSA) is 38.7 Å². The molecule has 0 radical (unpaired) electrons. The molecule has 0 saturated carbocycles. The lowest BCUT2D eigenvalue weighted by Crippen LogP contribution is -2.10. The molecule has 0 spiro atoms. The number of hydrogen-bond acceptors (Lipinski definition) is 3. The Morgan fingerprint density at radius 1 is 1.00 bits per heavy atom. The summed E-state index contributed by atoms with van der Waals surface area (Å²) < 4.78 is 49.8. The molecule has 2 aromatic heterocycles. The predicted molar refractivity (Wildman–Crippen MR) is 55.2 cm³/mol. The van der Waals surface area contributed by atoms with E-state index in [0.717, 1.165) is 18.5 Å². The molecule has 0 bridgehead atoms. The smallest absolute Gasteiger partial charge is 0.252 e. The van der Waals surface area contributed by atoms with Gasteiger partial charge in [0.2, 0.25) is 0 Å². The van der Waals surface area contributed by atoms with E-state index in [4.69, 9.17) is 11.6 Å². The van der Waals surface area contributed by atoms with E-state index in [1.807, 2.05) is 0 Å². The molecule has 94 valence electrons. The first-order chi connectivity index (χ1) is 8.38. The molecule has 0 unspecified atom stereocenters. The second kappa shape index (κ2) is 4.49. The molecular formula is C10H4ClF4N3. The van der Waals surface area contributed by atoms with Crippen LogP contribution in [0.4, 0.5) is 17.6 Å². The maximum Gasteiger partial charge on any atom is 0.436 e. The zero-order valence-electron chi connectivity index (χ0n) is 8.54. The van der Waals surface area contributed by atoms with Gasteiger partial charge in [0.15, 0.2) is 10.8 Å². The summed E-state index contributed by atoms with van der Waals surface area (Å²) in [6.45, 7) is 0. The Balaban J connectivity index is 2.43. The van der Waals surface area contributed by atoms with Crippen LogP contribution in [0.25, 0.3) is 11.4 Å². The van der Waals surface area contributed by atoms with Gasteiger partial charge in [-0.1, -0.05) is 11.6 Å². The zero-order valence-corrected chi connectivity index (χ0v) is 9.30. The molecule has 0 aromatic carbocycles. The molecule has 0 N–H and O–H groups in total. The van der Waals surface area contributed by atoms with Crippen molar-refractivity contribution < 1.29 is 17.6 Å². The van der Waals surface area contributed by atoms with Crippen molar-refractivity contribution >= 4 is 11.6 Å². The first kappa shape index (κ1) is 12.7. The van der Waals surface area contributed by atoms with Crippen LogP contribution in [-0.2, 0) is 6.18 Å². The largest absolute Gasteiger partial charge is 0.436 e. The van der Waals surface area contributed by atoms with Gasteiger partial charge in [-0.05, 0) is 12.1 Å². The summed E-state index contributed by atoms with van der Waals surface area (Å²) in [6, 6.07) is 2.37. The highest BCUT2D eigenvalue weighted by Gasteiger charge is 2.36. The van der Waals surface area contributed by atoms with E-state index in [1.165, 1.54) is 6.07 Å². The second-order valence-electron chi connectivity index (χ2n) is 3.25. The summed E-state index contributed by atoms with van der Waals surface area (Å²) in [7, 11) is 0. The second-order valence-corrected chi connectivity index (χ2v) is 3.61. The van der Waals surface area contributed by atoms with Crippen LogP contribution < -0.4 is 0 Å². The Labute approximate surface area is 103 Å². The lowest BCUT2D eigenvalue weighted by Gasteiger charge is -2.07. The van der Waals surface area contributed by atoms with Crippen LogP contribution in [-0.4, -0.2) is 15.0 Å². The van der Waals surface area contributed by atoms with Crippen LogP contribution >= 0.6 is 11.6 Å². The molecule has 0 atom stereocenters. The number of halogens is 5. The third-order valence-electron chi connectivity index (χ3n) is 1.99. The molecule has 0 aliphatic rings. The van der Waals surface area contributed by atoms with Crippen molar-refractivity contribution in [1.82, 2.24) is 15.0 Å². The van der Waals surface area contributed by atoms with Crippen molar-refractivity contribution in [3.63, 3.8) is 0 Å². The predicted octanol–water partition coefficient (Wildman–Crippen LogP) is 3.35. The maximum absolute atomic E-state index is 12.6. The molecule has 0 amide bonds. The number of hydrogen-bond donors (Lipinski definition) is 0. The lowest BCUT2D eigenvalue weighted by molar-refractivity contribution is -0.141. The van der Waals surface area contributed by atoms with Gasteiger partial charge < -0.3 is 0 Å². The van der Waals surface area contributed by atoms with Crippen molar-refractivity contribution in [1.29, 1.82) is 0 Å². The minimum Gasteiger partial charge on any atom is -0.252 e. The lowest BCUT2D eigenvalue weighted by atomic mass is 10.3. The summed E-state index contributed by atoms with van der Waals surface area (Å²) in [5.74, 6) is -0.565. The highest BCUT2D eigenvalue weighted by molar-refractivity contribution is 6.30. The third kappa shape index (κ3) is 2.56. The molecule has 0 aliphatic carbocycles. The molecule has 2 heterocycles. The Morgan fingerprint density at radius 3 is 2.22 bits per heavy atom. The molecule has 3 nitrogen and oxygen atoms in total. The number of rotatable bonds is 1. The Kier molecular flexibility index (Phi) is 3.16. The van der Waals surface area contributed by atoms with E-state index >= 15 is 0 Å². The number of aromatic nitrogens is 3. The van der Waals surface area contributed by atoms with Gasteiger partial charge in [0.1, 0.15) is 11.5 Å². The maximum atomic E-state index is 12.6. The molecular weight excluding hydrogens is 274 g/mol. The molecule has 0 aliphatic heterocycles. The standard InChI is InChI=1S/C10H4ClF4N3/c11-9-8(10(13,14)15)17-4-7(18-9)6-2-1-5(12)3-16-6/h1-4H. The molecule has 2 rings (SSSR count). The van der Waals surface area contributed by atoms with Gasteiger partial charge in [-0.15, -0.1) is 0 Å². The van der Waals surface area contributed by atoms with E-state index in [1.54, 1.807) is 0 Å². The van der Waals surface area contributed by atoms with Gasteiger partial charge in [-0.25, -0.2) is 14.4 Å². The fourth-order valence-corrected chi connectivity index (χ4v) is 1.45. The van der Waals surface area contributed by atoms with Gasteiger partial charge in [0.25, 0.3) is 0 Å². The van der Waals surface area contributed by atoms with Gasteiger partial charge in [-0.2, -0.15) is 13.2 Å². The summed E-state index contributed by atoms with van der Waals surface area (Å²) in [5.41, 5.74) is -1.05. The van der Waals surface area contributed by atoms with E-state index in [2.05, 4.69) is 15.0 Å². The average molecular weight is 278 g/mol. The van der Waals surface area contributed by atoms with E-state index in [0.29, 0.717) is 0 Å². The summed E-state index contributed by atoms with van der Waals surface area (Å²) in [4.78, 5) is 10.4. The monoisotopic (exact) mass is 277 g/mol. The summed E-state index contributed by atoms with van der Waals surface area (Å²) in [6.07, 6.45) is -2.86. The normalized spacial score (nSPS) is 11.6. The summed E-state index contributed by atoms with van der Waals surface area (Å²) >= 11 is 5.40. The van der Waals surface area contributed by atoms with Crippen LogP contribution in [0.3, 0.4) is 0 Å². The van der Waals surface area contributed by atoms with Crippen molar-refractivity contribution in [2.75, 3.05) is 0 Å². The highest BCUT2D eigenvalue weighted by atomic mass is 35.5. The Hall–Kier alpha value is -1.76.